The van der Waals surface area contributed by atoms with E-state index >= 15 is 0 Å². The van der Waals surface area contributed by atoms with E-state index < -0.39 is 20.3 Å². The van der Waals surface area contributed by atoms with Crippen LogP contribution in [0.5, 0.6) is 0 Å². The SMILES string of the molecule is COC(=O)c1sc(C)cc1N1CC(S(=O)(=O)Cl)CC1=O. The van der Waals surface area contributed by atoms with Crippen LogP contribution in [0, 0.1) is 6.92 Å². The van der Waals surface area contributed by atoms with Crippen LogP contribution in [0.1, 0.15) is 21.0 Å². The molecule has 1 atom stereocenters. The molecule has 9 heteroatoms. The molecule has 2 heterocycles. The van der Waals surface area contributed by atoms with Crippen LogP contribution in [-0.2, 0) is 18.6 Å². The minimum Gasteiger partial charge on any atom is -0.465 e. The van der Waals surface area contributed by atoms with Crippen molar-refractivity contribution >= 4 is 48.6 Å². The van der Waals surface area contributed by atoms with Gasteiger partial charge in [-0.05, 0) is 13.0 Å². The van der Waals surface area contributed by atoms with Crippen molar-refractivity contribution in [1.29, 1.82) is 0 Å². The van der Waals surface area contributed by atoms with Gasteiger partial charge in [0.05, 0.1) is 12.8 Å². The summed E-state index contributed by atoms with van der Waals surface area (Å²) in [6.45, 7) is 1.74. The number of thiophene rings is 1. The van der Waals surface area contributed by atoms with E-state index in [1.807, 2.05) is 0 Å². The first-order valence-corrected chi connectivity index (χ1v) is 8.85. The van der Waals surface area contributed by atoms with Gasteiger partial charge < -0.3 is 9.64 Å². The van der Waals surface area contributed by atoms with Crippen molar-refractivity contribution in [2.75, 3.05) is 18.6 Å². The van der Waals surface area contributed by atoms with E-state index in [1.165, 1.54) is 23.3 Å². The molecule has 0 radical (unpaired) electrons. The molecule has 110 valence electrons. The molecule has 1 aromatic rings. The predicted octanol–water partition coefficient (Wildman–Crippen LogP) is 1.52. The summed E-state index contributed by atoms with van der Waals surface area (Å²) in [6, 6.07) is 1.66. The smallest absolute Gasteiger partial charge is 0.350 e. The molecule has 0 saturated carbocycles. The molecular formula is C11H12ClNO5S2. The first-order valence-electron chi connectivity index (χ1n) is 5.66. The standard InChI is InChI=1S/C11H12ClNO5S2/c1-6-3-8(10(19-6)11(15)18-2)13-5-7(4-9(13)14)20(12,16)17/h3,7H,4-5H2,1-2H3. The Morgan fingerprint density at radius 1 is 1.55 bits per heavy atom. The molecule has 1 saturated heterocycles. The van der Waals surface area contributed by atoms with Crippen LogP contribution >= 0.6 is 22.0 Å². The number of nitrogens with zero attached hydrogens (tertiary/aromatic N) is 1. The van der Waals surface area contributed by atoms with Crippen molar-refractivity contribution in [2.24, 2.45) is 0 Å². The van der Waals surface area contributed by atoms with Crippen molar-refractivity contribution in [3.63, 3.8) is 0 Å². The molecule has 2 rings (SSSR count). The van der Waals surface area contributed by atoms with Gasteiger partial charge in [0.2, 0.25) is 15.0 Å². The van der Waals surface area contributed by atoms with Gasteiger partial charge in [-0.1, -0.05) is 0 Å². The maximum absolute atomic E-state index is 12.0. The molecule has 1 unspecified atom stereocenters. The van der Waals surface area contributed by atoms with E-state index in [9.17, 15) is 18.0 Å². The summed E-state index contributed by atoms with van der Waals surface area (Å²) >= 11 is 1.19. The van der Waals surface area contributed by atoms with Crippen molar-refractivity contribution in [1.82, 2.24) is 0 Å². The molecule has 0 aromatic carbocycles. The molecule has 1 fully saturated rings. The Bertz CT molecular complexity index is 666. The second-order valence-corrected chi connectivity index (χ2v) is 8.53. The Balaban J connectivity index is 2.38. The molecule has 20 heavy (non-hydrogen) atoms. The van der Waals surface area contributed by atoms with E-state index in [-0.39, 0.29) is 23.7 Å². The van der Waals surface area contributed by atoms with Gasteiger partial charge in [-0.25, -0.2) is 13.2 Å². The van der Waals surface area contributed by atoms with Crippen LogP contribution in [0.2, 0.25) is 0 Å². The van der Waals surface area contributed by atoms with E-state index in [1.54, 1.807) is 13.0 Å². The molecule has 0 spiro atoms. The Morgan fingerprint density at radius 2 is 2.20 bits per heavy atom. The molecule has 0 N–H and O–H groups in total. The number of carbonyl (C=O) groups excluding carboxylic acids is 2. The zero-order chi connectivity index (χ0) is 15.1. The van der Waals surface area contributed by atoms with Crippen molar-refractivity contribution in [3.8, 4) is 0 Å². The zero-order valence-corrected chi connectivity index (χ0v) is 13.1. The summed E-state index contributed by atoms with van der Waals surface area (Å²) in [5.74, 6) is -0.926. The maximum atomic E-state index is 12.0. The third-order valence-corrected chi connectivity index (χ3v) is 5.87. The summed E-state index contributed by atoms with van der Waals surface area (Å²) in [7, 11) is 2.73. The van der Waals surface area contributed by atoms with Gasteiger partial charge in [-0.15, -0.1) is 11.3 Å². The monoisotopic (exact) mass is 337 g/mol. The summed E-state index contributed by atoms with van der Waals surface area (Å²) in [4.78, 5) is 26.0. The number of rotatable bonds is 3. The molecule has 1 aliphatic heterocycles. The molecule has 1 aliphatic rings. The second kappa shape index (κ2) is 5.34. The largest absolute Gasteiger partial charge is 0.465 e. The third kappa shape index (κ3) is 2.82. The van der Waals surface area contributed by atoms with Crippen LogP contribution in [-0.4, -0.2) is 39.2 Å². The van der Waals surface area contributed by atoms with Crippen molar-refractivity contribution in [2.45, 2.75) is 18.6 Å². The highest BCUT2D eigenvalue weighted by molar-refractivity contribution is 8.14. The lowest BCUT2D eigenvalue weighted by Crippen LogP contribution is -2.27. The fourth-order valence-corrected chi connectivity index (χ4v) is 4.00. The average Bonchev–Trinajstić information content (AvgIpc) is 2.90. The Kier molecular flexibility index (Phi) is 4.08. The van der Waals surface area contributed by atoms with Crippen LogP contribution in [0.25, 0.3) is 0 Å². The third-order valence-electron chi connectivity index (χ3n) is 2.98. The van der Waals surface area contributed by atoms with Crippen LogP contribution in [0.15, 0.2) is 6.07 Å². The zero-order valence-electron chi connectivity index (χ0n) is 10.8. The number of hydrogen-bond acceptors (Lipinski definition) is 6. The van der Waals surface area contributed by atoms with E-state index in [0.717, 1.165) is 4.88 Å². The molecule has 1 aromatic heterocycles. The Morgan fingerprint density at radius 3 is 2.70 bits per heavy atom. The maximum Gasteiger partial charge on any atom is 0.350 e. The van der Waals surface area contributed by atoms with E-state index in [0.29, 0.717) is 5.69 Å². The highest BCUT2D eigenvalue weighted by Gasteiger charge is 2.39. The fraction of sp³-hybridized carbons (Fsp3) is 0.455. The first-order chi connectivity index (χ1) is 9.24. The van der Waals surface area contributed by atoms with Gasteiger partial charge in [0.15, 0.2) is 0 Å². The minimum atomic E-state index is -3.81. The van der Waals surface area contributed by atoms with Crippen LogP contribution in [0.4, 0.5) is 5.69 Å². The van der Waals surface area contributed by atoms with Crippen molar-refractivity contribution in [3.05, 3.63) is 15.8 Å². The molecule has 0 bridgehead atoms. The molecule has 0 aliphatic carbocycles. The number of amides is 1. The number of esters is 1. The van der Waals surface area contributed by atoms with Gasteiger partial charge in [0.1, 0.15) is 10.1 Å². The molecule has 1 amide bonds. The van der Waals surface area contributed by atoms with Gasteiger partial charge in [-0.2, -0.15) is 0 Å². The number of methoxy groups -OCH3 is 1. The summed E-state index contributed by atoms with van der Waals surface area (Å²) in [5.41, 5.74) is 0.382. The number of anilines is 1. The lowest BCUT2D eigenvalue weighted by Gasteiger charge is -2.15. The normalized spacial score (nSPS) is 19.4. The fourth-order valence-electron chi connectivity index (χ4n) is 2.04. The number of carbonyl (C=O) groups is 2. The first kappa shape index (κ1) is 15.3. The van der Waals surface area contributed by atoms with Crippen LogP contribution in [0.3, 0.4) is 0 Å². The van der Waals surface area contributed by atoms with Gasteiger partial charge in [-0.3, -0.25) is 4.79 Å². The summed E-state index contributed by atoms with van der Waals surface area (Å²) in [6.07, 6.45) is -0.179. The quantitative estimate of drug-likeness (QED) is 0.617. The second-order valence-electron chi connectivity index (χ2n) is 4.37. The number of aryl methyl sites for hydroxylation is 1. The lowest BCUT2D eigenvalue weighted by molar-refractivity contribution is -0.117. The Hall–Kier alpha value is -1.12. The summed E-state index contributed by atoms with van der Waals surface area (Å²) in [5, 5.41) is -0.956. The van der Waals surface area contributed by atoms with Gasteiger partial charge >= 0.3 is 5.97 Å². The molecular weight excluding hydrogens is 326 g/mol. The predicted molar refractivity (Wildman–Crippen MR) is 75.9 cm³/mol. The van der Waals surface area contributed by atoms with Crippen molar-refractivity contribution < 1.29 is 22.7 Å². The molecule has 6 nitrogen and oxygen atoms in total. The van der Waals surface area contributed by atoms with Gasteiger partial charge in [0, 0.05) is 28.5 Å². The number of hydrogen-bond donors (Lipinski definition) is 0. The number of halogens is 1. The summed E-state index contributed by atoms with van der Waals surface area (Å²) < 4.78 is 27.3. The average molecular weight is 338 g/mol. The Labute approximate surface area is 124 Å². The van der Waals surface area contributed by atoms with Gasteiger partial charge in [0.25, 0.3) is 0 Å². The highest BCUT2D eigenvalue weighted by Crippen LogP contribution is 2.34. The highest BCUT2D eigenvalue weighted by atomic mass is 35.7. The van der Waals surface area contributed by atoms with E-state index in [4.69, 9.17) is 10.7 Å². The topological polar surface area (TPSA) is 80.8 Å². The minimum absolute atomic E-state index is 0.0508. The number of ether oxygens (including phenoxy) is 1. The van der Waals surface area contributed by atoms with Crippen LogP contribution < -0.4 is 4.90 Å². The lowest BCUT2D eigenvalue weighted by atomic mass is 10.3. The van der Waals surface area contributed by atoms with E-state index in [2.05, 4.69) is 4.74 Å².